The van der Waals surface area contributed by atoms with Gasteiger partial charge in [-0.05, 0) is 75.2 Å². The van der Waals surface area contributed by atoms with E-state index in [2.05, 4.69) is 33.6 Å². The maximum absolute atomic E-state index is 12.3. The SMILES string of the molecule is C=C(C)C(=O)OC(C)Cc1cc(Cc2cc(CC(C)OC(=O)C(=C)C)cc(-n3nc4ccccc4n3)c2O)c(O)c(-n2nc3ccccc3n2)c1. The first kappa shape index (κ1) is 34.6. The van der Waals surface area contributed by atoms with Crippen molar-refractivity contribution in [3.63, 3.8) is 0 Å². The summed E-state index contributed by atoms with van der Waals surface area (Å²) in [6.45, 7) is 14.1. The molecule has 2 atom stereocenters. The van der Waals surface area contributed by atoms with E-state index in [9.17, 15) is 19.8 Å². The molecule has 2 aromatic heterocycles. The van der Waals surface area contributed by atoms with Crippen molar-refractivity contribution < 1.29 is 29.3 Å². The highest BCUT2D eigenvalue weighted by Gasteiger charge is 2.22. The van der Waals surface area contributed by atoms with Crippen molar-refractivity contribution in [2.75, 3.05) is 0 Å². The molecule has 2 heterocycles. The van der Waals surface area contributed by atoms with Gasteiger partial charge in [0.1, 0.15) is 57.1 Å². The average molecular weight is 687 g/mol. The highest BCUT2D eigenvalue weighted by atomic mass is 16.5. The van der Waals surface area contributed by atoms with Crippen molar-refractivity contribution in [3.05, 3.63) is 119 Å². The number of hydrogen-bond donors (Lipinski definition) is 2. The van der Waals surface area contributed by atoms with Crippen molar-refractivity contribution >= 4 is 34.0 Å². The molecule has 260 valence electrons. The number of hydrogen-bond acceptors (Lipinski definition) is 10. The molecule has 2 N–H and O–H groups in total. The summed E-state index contributed by atoms with van der Waals surface area (Å²) in [7, 11) is 0. The fourth-order valence-corrected chi connectivity index (χ4v) is 5.75. The van der Waals surface area contributed by atoms with Gasteiger partial charge in [-0.25, -0.2) is 9.59 Å². The summed E-state index contributed by atoms with van der Waals surface area (Å²) in [5.41, 5.74) is 6.16. The molecular formula is C39H38N6O6. The number of ether oxygens (including phenoxy) is 2. The highest BCUT2D eigenvalue weighted by Crippen LogP contribution is 2.36. The minimum absolute atomic E-state index is 0.0702. The molecule has 0 aliphatic carbocycles. The number of aromatic nitrogens is 6. The van der Waals surface area contributed by atoms with Crippen LogP contribution in [0.5, 0.6) is 11.5 Å². The van der Waals surface area contributed by atoms with E-state index in [0.29, 0.717) is 57.4 Å². The summed E-state index contributed by atoms with van der Waals surface area (Å²) in [6, 6.07) is 21.8. The van der Waals surface area contributed by atoms with Crippen molar-refractivity contribution in [2.24, 2.45) is 0 Å². The number of phenols is 2. The van der Waals surface area contributed by atoms with E-state index in [1.807, 2.05) is 48.5 Å². The Kier molecular flexibility index (Phi) is 9.68. The van der Waals surface area contributed by atoms with Gasteiger partial charge in [0.15, 0.2) is 0 Å². The molecular weight excluding hydrogens is 648 g/mol. The van der Waals surface area contributed by atoms with Gasteiger partial charge in [-0.15, -0.1) is 30.0 Å². The molecule has 12 nitrogen and oxygen atoms in total. The van der Waals surface area contributed by atoms with E-state index in [4.69, 9.17) is 9.47 Å². The van der Waals surface area contributed by atoms with Crippen molar-refractivity contribution in [1.29, 1.82) is 0 Å². The van der Waals surface area contributed by atoms with Crippen LogP contribution in [0.3, 0.4) is 0 Å². The summed E-state index contributed by atoms with van der Waals surface area (Å²) in [4.78, 5) is 27.3. The molecule has 0 fully saturated rings. The van der Waals surface area contributed by atoms with Gasteiger partial charge in [-0.3, -0.25) is 0 Å². The van der Waals surface area contributed by atoms with E-state index < -0.39 is 24.1 Å². The minimum Gasteiger partial charge on any atom is -0.505 e. The van der Waals surface area contributed by atoms with Crippen LogP contribution in [-0.2, 0) is 38.3 Å². The predicted molar refractivity (Wildman–Crippen MR) is 192 cm³/mol. The third kappa shape index (κ3) is 7.64. The smallest absolute Gasteiger partial charge is 0.333 e. The number of benzene rings is 4. The zero-order chi connectivity index (χ0) is 36.4. The van der Waals surface area contributed by atoms with Crippen LogP contribution in [0.25, 0.3) is 33.4 Å². The van der Waals surface area contributed by atoms with E-state index in [0.717, 1.165) is 11.1 Å². The van der Waals surface area contributed by atoms with Crippen LogP contribution >= 0.6 is 0 Å². The molecule has 0 amide bonds. The number of aromatic hydroxyl groups is 2. The first-order valence-corrected chi connectivity index (χ1v) is 16.4. The molecule has 0 saturated heterocycles. The topological polar surface area (TPSA) is 154 Å². The molecule has 0 spiro atoms. The summed E-state index contributed by atoms with van der Waals surface area (Å²) in [5.74, 6) is -1.19. The van der Waals surface area contributed by atoms with Gasteiger partial charge in [0.25, 0.3) is 0 Å². The minimum atomic E-state index is -0.518. The molecule has 0 saturated carbocycles. The number of fused-ring (bicyclic) bond motifs is 2. The Morgan fingerprint density at radius 3 is 1.29 bits per heavy atom. The number of carbonyl (C=O) groups excluding carboxylic acids is 2. The van der Waals surface area contributed by atoms with E-state index in [-0.39, 0.29) is 29.1 Å². The van der Waals surface area contributed by atoms with Crippen LogP contribution in [-0.4, -0.2) is 64.3 Å². The van der Waals surface area contributed by atoms with Crippen molar-refractivity contribution in [2.45, 2.75) is 59.2 Å². The van der Waals surface area contributed by atoms with Gasteiger partial charge < -0.3 is 19.7 Å². The summed E-state index contributed by atoms with van der Waals surface area (Å²) in [6.07, 6.45) is -0.341. The lowest BCUT2D eigenvalue weighted by molar-refractivity contribution is -0.144. The van der Waals surface area contributed by atoms with Gasteiger partial charge in [-0.1, -0.05) is 49.6 Å². The van der Waals surface area contributed by atoms with E-state index >= 15 is 0 Å². The Balaban J connectivity index is 1.45. The Morgan fingerprint density at radius 2 is 0.980 bits per heavy atom. The van der Waals surface area contributed by atoms with Crippen LogP contribution < -0.4 is 0 Å². The second-order valence-electron chi connectivity index (χ2n) is 12.8. The van der Waals surface area contributed by atoms with E-state index in [1.54, 1.807) is 52.0 Å². The molecule has 6 rings (SSSR count). The first-order valence-electron chi connectivity index (χ1n) is 16.4. The zero-order valence-corrected chi connectivity index (χ0v) is 28.8. The standard InChI is InChI=1S/C39H38N6O6/c1-22(2)38(48)50-24(5)15-26-17-28(36(46)34(19-26)44-40-30-11-7-8-12-31(30)41-44)21-29-18-27(16-25(6)51-39(49)23(3)4)20-35(37(29)47)45-42-32-13-9-10-14-33(32)43-45/h7-14,17-20,24-25,46-47H,1,3,15-16,21H2,2,4-6H3. The van der Waals surface area contributed by atoms with Crippen LogP contribution in [0, 0.1) is 0 Å². The monoisotopic (exact) mass is 686 g/mol. The van der Waals surface area contributed by atoms with Crippen LogP contribution in [0.15, 0.2) is 97.1 Å². The molecule has 0 aliphatic rings. The molecule has 12 heteroatoms. The van der Waals surface area contributed by atoms with Gasteiger partial charge >= 0.3 is 11.9 Å². The Labute approximate surface area is 294 Å². The normalized spacial score (nSPS) is 12.5. The Morgan fingerprint density at radius 1 is 0.647 bits per heavy atom. The predicted octanol–water partition coefficient (Wildman–Crippen LogP) is 6.26. The average Bonchev–Trinajstić information content (AvgIpc) is 3.72. The first-order chi connectivity index (χ1) is 24.4. The van der Waals surface area contributed by atoms with E-state index in [1.165, 1.54) is 9.59 Å². The number of nitrogens with zero attached hydrogens (tertiary/aromatic N) is 6. The third-order valence-electron chi connectivity index (χ3n) is 8.20. The highest BCUT2D eigenvalue weighted by molar-refractivity contribution is 5.87. The Hall–Kier alpha value is -6.30. The fraction of sp³-hybridized carbons (Fsp3) is 0.231. The van der Waals surface area contributed by atoms with Crippen LogP contribution in [0.1, 0.15) is 49.9 Å². The molecule has 4 aromatic carbocycles. The van der Waals surface area contributed by atoms with Gasteiger partial charge in [0.2, 0.25) is 0 Å². The molecule has 0 bridgehead atoms. The maximum Gasteiger partial charge on any atom is 0.333 e. The third-order valence-corrected chi connectivity index (χ3v) is 8.20. The lowest BCUT2D eigenvalue weighted by Crippen LogP contribution is -2.18. The summed E-state index contributed by atoms with van der Waals surface area (Å²) in [5, 5.41) is 41.9. The lowest BCUT2D eigenvalue weighted by Gasteiger charge is -2.18. The molecule has 0 aliphatic heterocycles. The molecule has 51 heavy (non-hydrogen) atoms. The van der Waals surface area contributed by atoms with Gasteiger partial charge in [-0.2, -0.15) is 0 Å². The van der Waals surface area contributed by atoms with Crippen LogP contribution in [0.2, 0.25) is 0 Å². The zero-order valence-electron chi connectivity index (χ0n) is 28.8. The number of esters is 2. The lowest BCUT2D eigenvalue weighted by atomic mass is 9.95. The Bertz CT molecular complexity index is 2090. The van der Waals surface area contributed by atoms with Gasteiger partial charge in [0.05, 0.1) is 0 Å². The molecule has 0 radical (unpaired) electrons. The van der Waals surface area contributed by atoms with Crippen molar-refractivity contribution in [1.82, 2.24) is 30.0 Å². The second-order valence-corrected chi connectivity index (χ2v) is 12.8. The van der Waals surface area contributed by atoms with Crippen molar-refractivity contribution in [3.8, 4) is 22.9 Å². The fourth-order valence-electron chi connectivity index (χ4n) is 5.75. The van der Waals surface area contributed by atoms with Gasteiger partial charge in [0, 0.05) is 41.5 Å². The number of rotatable bonds is 12. The number of carbonyl (C=O) groups is 2. The summed E-state index contributed by atoms with van der Waals surface area (Å²) < 4.78 is 11.1. The molecule has 2 unspecified atom stereocenters. The second kappa shape index (κ2) is 14.3. The summed E-state index contributed by atoms with van der Waals surface area (Å²) >= 11 is 0. The quantitative estimate of drug-likeness (QED) is 0.111. The van der Waals surface area contributed by atoms with Crippen LogP contribution in [0.4, 0.5) is 0 Å². The largest absolute Gasteiger partial charge is 0.505 e. The molecule has 6 aromatic rings. The number of phenolic OH excluding ortho intramolecular Hbond substituents is 2. The maximum atomic E-state index is 12.3.